The van der Waals surface area contributed by atoms with Gasteiger partial charge in [-0.2, -0.15) is 5.26 Å². The number of nitriles is 1. The lowest BCUT2D eigenvalue weighted by molar-refractivity contribution is -0.118. The van der Waals surface area contributed by atoms with Gasteiger partial charge in [0.25, 0.3) is 11.8 Å². The smallest absolute Gasteiger partial charge is 0.266 e. The van der Waals surface area contributed by atoms with Crippen LogP contribution in [0.3, 0.4) is 0 Å². The number of hydrogen-bond acceptors (Lipinski definition) is 4. The maximum atomic E-state index is 12.4. The number of para-hydroxylation sites is 1. The number of anilines is 2. The first kappa shape index (κ1) is 22.9. The van der Waals surface area contributed by atoms with Gasteiger partial charge in [-0.3, -0.25) is 9.59 Å². The molecule has 0 aliphatic heterocycles. The van der Waals surface area contributed by atoms with Gasteiger partial charge in [-0.05, 0) is 54.1 Å². The Morgan fingerprint density at radius 3 is 2.41 bits per heavy atom. The Hall–Kier alpha value is -3.79. The first-order chi connectivity index (χ1) is 15.4. The minimum absolute atomic E-state index is 0.0663. The van der Waals surface area contributed by atoms with Gasteiger partial charge in [-0.1, -0.05) is 53.5 Å². The third-order valence-corrected chi connectivity index (χ3v) is 4.88. The summed E-state index contributed by atoms with van der Waals surface area (Å²) >= 11 is 11.8. The molecule has 3 rings (SSSR count). The van der Waals surface area contributed by atoms with Crippen molar-refractivity contribution in [3.63, 3.8) is 0 Å². The molecule has 0 heterocycles. The van der Waals surface area contributed by atoms with E-state index in [1.54, 1.807) is 60.7 Å². The number of nitrogens with zero attached hydrogens (tertiary/aromatic N) is 1. The molecule has 0 radical (unpaired) electrons. The molecule has 160 valence electrons. The minimum atomic E-state index is -0.522. The number of carbonyl (C=O) groups is 2. The van der Waals surface area contributed by atoms with Crippen LogP contribution in [0.25, 0.3) is 6.08 Å². The lowest BCUT2D eigenvalue weighted by Crippen LogP contribution is -2.20. The fourth-order valence-corrected chi connectivity index (χ4v) is 2.95. The maximum absolute atomic E-state index is 12.4. The van der Waals surface area contributed by atoms with E-state index in [0.29, 0.717) is 32.7 Å². The molecule has 3 aromatic carbocycles. The van der Waals surface area contributed by atoms with Gasteiger partial charge < -0.3 is 15.4 Å². The van der Waals surface area contributed by atoms with Crippen molar-refractivity contribution in [2.24, 2.45) is 0 Å². The van der Waals surface area contributed by atoms with E-state index in [-0.39, 0.29) is 18.1 Å². The van der Waals surface area contributed by atoms with Crippen molar-refractivity contribution in [1.82, 2.24) is 0 Å². The first-order valence-electron chi connectivity index (χ1n) is 9.40. The van der Waals surface area contributed by atoms with Crippen molar-refractivity contribution in [2.75, 3.05) is 17.2 Å². The van der Waals surface area contributed by atoms with Crippen molar-refractivity contribution in [2.45, 2.75) is 0 Å². The van der Waals surface area contributed by atoms with E-state index in [1.807, 2.05) is 12.1 Å². The molecule has 3 aromatic rings. The second-order valence-corrected chi connectivity index (χ2v) is 7.34. The van der Waals surface area contributed by atoms with Crippen molar-refractivity contribution in [3.8, 4) is 11.8 Å². The van der Waals surface area contributed by atoms with Crippen LogP contribution >= 0.6 is 23.2 Å². The van der Waals surface area contributed by atoms with Gasteiger partial charge in [0, 0.05) is 11.4 Å². The number of nitrogens with one attached hydrogen (secondary N) is 2. The lowest BCUT2D eigenvalue weighted by Gasteiger charge is -2.09. The first-order valence-corrected chi connectivity index (χ1v) is 10.2. The molecule has 0 saturated heterocycles. The van der Waals surface area contributed by atoms with Crippen molar-refractivity contribution in [3.05, 3.63) is 94.0 Å². The predicted molar refractivity (Wildman–Crippen MR) is 126 cm³/mol. The summed E-state index contributed by atoms with van der Waals surface area (Å²) in [6.07, 6.45) is 1.45. The minimum Gasteiger partial charge on any atom is -0.484 e. The summed E-state index contributed by atoms with van der Waals surface area (Å²) in [7, 11) is 0. The number of amides is 2. The molecule has 0 aliphatic carbocycles. The Labute approximate surface area is 195 Å². The molecule has 8 heteroatoms. The van der Waals surface area contributed by atoms with Crippen molar-refractivity contribution >= 4 is 52.5 Å². The van der Waals surface area contributed by atoms with Crippen LogP contribution in [-0.2, 0) is 9.59 Å². The average molecular weight is 466 g/mol. The van der Waals surface area contributed by atoms with Crippen LogP contribution in [0.15, 0.2) is 78.4 Å². The van der Waals surface area contributed by atoms with E-state index in [2.05, 4.69) is 10.6 Å². The highest BCUT2D eigenvalue weighted by molar-refractivity contribution is 6.42. The summed E-state index contributed by atoms with van der Waals surface area (Å²) in [4.78, 5) is 24.5. The highest BCUT2D eigenvalue weighted by Gasteiger charge is 2.10. The number of rotatable bonds is 7. The normalized spacial score (nSPS) is 10.7. The zero-order chi connectivity index (χ0) is 22.9. The van der Waals surface area contributed by atoms with Gasteiger partial charge in [-0.25, -0.2) is 0 Å². The Bertz CT molecular complexity index is 1200. The highest BCUT2D eigenvalue weighted by Crippen LogP contribution is 2.25. The summed E-state index contributed by atoms with van der Waals surface area (Å²) in [5, 5.41) is 15.4. The lowest BCUT2D eigenvalue weighted by atomic mass is 10.1. The van der Waals surface area contributed by atoms with Gasteiger partial charge in [0.05, 0.1) is 10.0 Å². The molecule has 0 aromatic heterocycles. The second kappa shape index (κ2) is 11.0. The summed E-state index contributed by atoms with van der Waals surface area (Å²) in [5.41, 5.74) is 1.59. The SMILES string of the molecule is N#C/C(=C\c1cccc(OCC(=O)Nc2ccc(Cl)c(Cl)c2)c1)C(=O)Nc1ccccc1. The molecule has 0 unspecified atom stereocenters. The van der Waals surface area contributed by atoms with Crippen molar-refractivity contribution in [1.29, 1.82) is 5.26 Å². The Morgan fingerprint density at radius 2 is 1.69 bits per heavy atom. The second-order valence-electron chi connectivity index (χ2n) is 6.53. The summed E-state index contributed by atoms with van der Waals surface area (Å²) < 4.78 is 5.52. The number of carbonyl (C=O) groups excluding carboxylic acids is 2. The molecule has 0 saturated carbocycles. The molecular weight excluding hydrogens is 449 g/mol. The maximum Gasteiger partial charge on any atom is 0.266 e. The van der Waals surface area contributed by atoms with Gasteiger partial charge >= 0.3 is 0 Å². The van der Waals surface area contributed by atoms with E-state index < -0.39 is 5.91 Å². The molecule has 0 bridgehead atoms. The zero-order valence-electron chi connectivity index (χ0n) is 16.6. The molecule has 0 atom stereocenters. The fraction of sp³-hybridized carbons (Fsp3) is 0.0417. The summed E-state index contributed by atoms with van der Waals surface area (Å²) in [6.45, 7) is -0.243. The Morgan fingerprint density at radius 1 is 0.906 bits per heavy atom. The quantitative estimate of drug-likeness (QED) is 0.353. The van der Waals surface area contributed by atoms with E-state index in [9.17, 15) is 14.9 Å². The topological polar surface area (TPSA) is 91.2 Å². The third kappa shape index (κ3) is 6.61. The molecule has 6 nitrogen and oxygen atoms in total. The van der Waals surface area contributed by atoms with E-state index >= 15 is 0 Å². The fourth-order valence-electron chi connectivity index (χ4n) is 2.65. The van der Waals surface area contributed by atoms with Gasteiger partial charge in [0.1, 0.15) is 17.4 Å². The van der Waals surface area contributed by atoms with Crippen LogP contribution in [0.5, 0.6) is 5.75 Å². The zero-order valence-corrected chi connectivity index (χ0v) is 18.2. The summed E-state index contributed by atoms with van der Waals surface area (Å²) in [5.74, 6) is -0.501. The van der Waals surface area contributed by atoms with E-state index in [4.69, 9.17) is 27.9 Å². The number of halogens is 2. The molecule has 2 amide bonds. The summed E-state index contributed by atoms with van der Waals surface area (Å²) in [6, 6.07) is 22.2. The third-order valence-electron chi connectivity index (χ3n) is 4.14. The van der Waals surface area contributed by atoms with Crippen LogP contribution in [-0.4, -0.2) is 18.4 Å². The molecule has 0 aliphatic rings. The Balaban J connectivity index is 1.62. The largest absolute Gasteiger partial charge is 0.484 e. The predicted octanol–water partition coefficient (Wildman–Crippen LogP) is 5.56. The molecule has 0 spiro atoms. The van der Waals surface area contributed by atoms with Crippen molar-refractivity contribution < 1.29 is 14.3 Å². The molecule has 2 N–H and O–H groups in total. The number of ether oxygens (including phenoxy) is 1. The molecular formula is C24H17Cl2N3O3. The monoisotopic (exact) mass is 465 g/mol. The van der Waals surface area contributed by atoms with E-state index in [0.717, 1.165) is 0 Å². The van der Waals surface area contributed by atoms with E-state index in [1.165, 1.54) is 12.1 Å². The van der Waals surface area contributed by atoms with Crippen LogP contribution in [0, 0.1) is 11.3 Å². The average Bonchev–Trinajstić information content (AvgIpc) is 2.79. The standard InChI is InChI=1S/C24H17Cl2N3O3/c25-21-10-9-19(13-22(21)26)28-23(30)15-32-20-8-4-5-16(12-20)11-17(14-27)24(31)29-18-6-2-1-3-7-18/h1-13H,15H2,(H,28,30)(H,29,31)/b17-11+. The molecule has 32 heavy (non-hydrogen) atoms. The van der Waals surface area contributed by atoms with Gasteiger partial charge in [0.2, 0.25) is 0 Å². The number of hydrogen-bond donors (Lipinski definition) is 2. The van der Waals surface area contributed by atoms with Crippen LogP contribution < -0.4 is 15.4 Å². The van der Waals surface area contributed by atoms with Gasteiger partial charge in [0.15, 0.2) is 6.61 Å². The number of benzene rings is 3. The Kier molecular flexibility index (Phi) is 7.87. The van der Waals surface area contributed by atoms with Crippen LogP contribution in [0.1, 0.15) is 5.56 Å². The van der Waals surface area contributed by atoms with Crippen LogP contribution in [0.4, 0.5) is 11.4 Å². The highest BCUT2D eigenvalue weighted by atomic mass is 35.5. The van der Waals surface area contributed by atoms with Gasteiger partial charge in [-0.15, -0.1) is 0 Å². The molecule has 0 fully saturated rings. The van der Waals surface area contributed by atoms with Crippen LogP contribution in [0.2, 0.25) is 10.0 Å².